The molecule has 11 heteroatoms. The van der Waals surface area contributed by atoms with E-state index in [9.17, 15) is 10.1 Å². The van der Waals surface area contributed by atoms with E-state index in [1.165, 1.54) is 6.07 Å². The van der Waals surface area contributed by atoms with E-state index in [1.54, 1.807) is 47.6 Å². The lowest BCUT2D eigenvalue weighted by Gasteiger charge is -2.43. The highest BCUT2D eigenvalue weighted by atomic mass is 19.1. The predicted molar refractivity (Wildman–Crippen MR) is 168 cm³/mol. The SMILES string of the molecule is CN(C1COC1)C(C)(C)C=C(C#N)C(=O)N1CCC[C@H]1Cc1nc(-c2ccc(Oc3ccccc3)cc2F)c2c(N)nccn12. The van der Waals surface area contributed by atoms with E-state index in [1.807, 2.05) is 43.5 Å². The maximum atomic E-state index is 15.6. The Kier molecular flexibility index (Phi) is 8.27. The molecule has 1 atom stereocenters. The van der Waals surface area contributed by atoms with Crippen LogP contribution in [0.1, 0.15) is 32.5 Å². The zero-order chi connectivity index (χ0) is 31.7. The van der Waals surface area contributed by atoms with Gasteiger partial charge >= 0.3 is 0 Å². The fourth-order valence-electron chi connectivity index (χ4n) is 6.03. The van der Waals surface area contributed by atoms with Crippen LogP contribution in [-0.2, 0) is 16.0 Å². The van der Waals surface area contributed by atoms with Gasteiger partial charge in [0.15, 0.2) is 0 Å². The van der Waals surface area contributed by atoms with Gasteiger partial charge in [0.1, 0.15) is 51.8 Å². The Balaban J connectivity index is 1.28. The summed E-state index contributed by atoms with van der Waals surface area (Å²) in [7, 11) is 1.98. The molecule has 0 spiro atoms. The second-order valence-corrected chi connectivity index (χ2v) is 12.1. The summed E-state index contributed by atoms with van der Waals surface area (Å²) in [5.41, 5.74) is 7.01. The van der Waals surface area contributed by atoms with Crippen LogP contribution < -0.4 is 10.5 Å². The number of nitriles is 1. The van der Waals surface area contributed by atoms with Crippen LogP contribution in [0.3, 0.4) is 0 Å². The van der Waals surface area contributed by atoms with Gasteiger partial charge in [-0.25, -0.2) is 14.4 Å². The van der Waals surface area contributed by atoms with E-state index < -0.39 is 11.4 Å². The summed E-state index contributed by atoms with van der Waals surface area (Å²) in [6.45, 7) is 5.79. The Morgan fingerprint density at radius 1 is 1.24 bits per heavy atom. The van der Waals surface area contributed by atoms with Crippen molar-refractivity contribution in [1.29, 1.82) is 5.26 Å². The molecular formula is C34H36FN7O3. The maximum Gasteiger partial charge on any atom is 0.264 e. The van der Waals surface area contributed by atoms with E-state index in [4.69, 9.17) is 20.2 Å². The standard InChI is InChI=1S/C34H36FN7O3/c1-34(2,40(3)24-20-44-21-24)18-22(19-36)33(43)41-14-7-8-23(41)16-29-39-30(31-32(37)38-13-15-42(29)31)27-12-11-26(17-28(27)35)45-25-9-5-4-6-10-25/h4-6,9-13,15,17-18,23-24H,7-8,14,16,20-21H2,1-3H3,(H2,37,38)/t23-/m0/s1. The van der Waals surface area contributed by atoms with Crippen LogP contribution in [0.15, 0.2) is 72.6 Å². The fraction of sp³-hybridized carbons (Fsp3) is 0.353. The van der Waals surface area contributed by atoms with Crippen LogP contribution in [0, 0.1) is 17.1 Å². The van der Waals surface area contributed by atoms with Crippen LogP contribution in [0.2, 0.25) is 0 Å². The molecule has 2 N–H and O–H groups in total. The van der Waals surface area contributed by atoms with Crippen molar-refractivity contribution < 1.29 is 18.7 Å². The summed E-state index contributed by atoms with van der Waals surface area (Å²) < 4.78 is 28.5. The molecule has 2 aromatic heterocycles. The van der Waals surface area contributed by atoms with Crippen molar-refractivity contribution in [3.8, 4) is 28.8 Å². The third kappa shape index (κ3) is 5.99. The molecule has 2 saturated heterocycles. The van der Waals surface area contributed by atoms with E-state index >= 15 is 4.39 Å². The molecule has 232 valence electrons. The average molecular weight is 610 g/mol. The zero-order valence-electron chi connectivity index (χ0n) is 25.6. The summed E-state index contributed by atoms with van der Waals surface area (Å²) in [6.07, 6.45) is 7.02. The van der Waals surface area contributed by atoms with Gasteiger partial charge in [-0.1, -0.05) is 18.2 Å². The van der Waals surface area contributed by atoms with Crippen molar-refractivity contribution in [2.75, 3.05) is 32.5 Å². The molecule has 0 bridgehead atoms. The third-order valence-electron chi connectivity index (χ3n) is 8.81. The summed E-state index contributed by atoms with van der Waals surface area (Å²) in [5, 5.41) is 10.0. The largest absolute Gasteiger partial charge is 0.457 e. The van der Waals surface area contributed by atoms with E-state index in [2.05, 4.69) is 16.0 Å². The minimum absolute atomic E-state index is 0.112. The number of fused-ring (bicyclic) bond motifs is 1. The summed E-state index contributed by atoms with van der Waals surface area (Å²) in [6, 6.07) is 16.0. The topological polar surface area (TPSA) is 122 Å². The van der Waals surface area contributed by atoms with Crippen LogP contribution in [-0.4, -0.2) is 74.5 Å². The Labute approximate surface area is 261 Å². The Morgan fingerprint density at radius 2 is 2.02 bits per heavy atom. The molecule has 2 aliphatic rings. The molecule has 2 aromatic carbocycles. The molecule has 4 heterocycles. The van der Waals surface area contributed by atoms with Gasteiger partial charge in [0.2, 0.25) is 0 Å². The monoisotopic (exact) mass is 609 g/mol. The number of hydrogen-bond donors (Lipinski definition) is 1. The number of carbonyl (C=O) groups excluding carboxylic acids is 1. The average Bonchev–Trinajstić information content (AvgIpc) is 3.61. The molecular weight excluding hydrogens is 573 g/mol. The number of benzene rings is 2. The molecule has 6 rings (SSSR count). The molecule has 2 fully saturated rings. The first-order valence-corrected chi connectivity index (χ1v) is 15.0. The molecule has 0 unspecified atom stereocenters. The van der Waals surface area contributed by atoms with Crippen molar-refractivity contribution >= 4 is 17.2 Å². The van der Waals surface area contributed by atoms with Gasteiger partial charge in [-0.2, -0.15) is 5.26 Å². The van der Waals surface area contributed by atoms with Crippen LogP contribution >= 0.6 is 0 Å². The normalized spacial score (nSPS) is 17.5. The number of imidazole rings is 1. The number of para-hydroxylation sites is 1. The Bertz CT molecular complexity index is 1790. The molecule has 0 saturated carbocycles. The quantitative estimate of drug-likeness (QED) is 0.208. The Hall–Kier alpha value is -4.79. The minimum Gasteiger partial charge on any atom is -0.457 e. The van der Waals surface area contributed by atoms with Gasteiger partial charge in [-0.3, -0.25) is 14.1 Å². The van der Waals surface area contributed by atoms with Gasteiger partial charge in [0.05, 0.1) is 19.3 Å². The number of likely N-dealkylation sites (tertiary alicyclic amines) is 1. The lowest BCUT2D eigenvalue weighted by molar-refractivity contribution is -0.127. The van der Waals surface area contributed by atoms with Gasteiger partial charge in [0, 0.05) is 48.6 Å². The number of nitrogens with two attached hydrogens (primary N) is 1. The predicted octanol–water partition coefficient (Wildman–Crippen LogP) is 5.00. The number of carbonyl (C=O) groups is 1. The highest BCUT2D eigenvalue weighted by Gasteiger charge is 2.36. The van der Waals surface area contributed by atoms with E-state index in [0.717, 1.165) is 12.8 Å². The summed E-state index contributed by atoms with van der Waals surface area (Å²) >= 11 is 0. The fourth-order valence-corrected chi connectivity index (χ4v) is 6.03. The van der Waals surface area contributed by atoms with Gasteiger partial charge < -0.3 is 20.1 Å². The lowest BCUT2D eigenvalue weighted by Crippen LogP contribution is -2.55. The molecule has 45 heavy (non-hydrogen) atoms. The molecule has 10 nitrogen and oxygen atoms in total. The third-order valence-corrected chi connectivity index (χ3v) is 8.81. The second-order valence-electron chi connectivity index (χ2n) is 12.1. The molecule has 0 radical (unpaired) electrons. The van der Waals surface area contributed by atoms with Gasteiger partial charge in [-0.15, -0.1) is 0 Å². The van der Waals surface area contributed by atoms with Crippen molar-refractivity contribution in [2.45, 2.75) is 50.7 Å². The van der Waals surface area contributed by atoms with E-state index in [0.29, 0.717) is 54.7 Å². The van der Waals surface area contributed by atoms with Crippen LogP contribution in [0.25, 0.3) is 16.8 Å². The Morgan fingerprint density at radius 3 is 2.71 bits per heavy atom. The highest BCUT2D eigenvalue weighted by molar-refractivity contribution is 5.97. The first-order valence-electron chi connectivity index (χ1n) is 15.0. The number of ether oxygens (including phenoxy) is 2. The summed E-state index contributed by atoms with van der Waals surface area (Å²) in [5.74, 6) is 0.979. The number of nitrogen functional groups attached to an aromatic ring is 1. The number of amides is 1. The second kappa shape index (κ2) is 12.3. The first kappa shape index (κ1) is 30.2. The van der Waals surface area contributed by atoms with Crippen molar-refractivity contribution in [3.63, 3.8) is 0 Å². The van der Waals surface area contributed by atoms with Gasteiger partial charge in [0.25, 0.3) is 5.91 Å². The number of nitrogens with zero attached hydrogens (tertiary/aromatic N) is 6. The lowest BCUT2D eigenvalue weighted by atomic mass is 9.96. The molecule has 0 aliphatic carbocycles. The smallest absolute Gasteiger partial charge is 0.264 e. The summed E-state index contributed by atoms with van der Waals surface area (Å²) in [4.78, 5) is 26.8. The van der Waals surface area contributed by atoms with E-state index in [-0.39, 0.29) is 34.9 Å². The minimum atomic E-state index is -0.519. The number of rotatable bonds is 9. The number of halogens is 1. The number of hydrogen-bond acceptors (Lipinski definition) is 8. The number of likely N-dealkylation sites (N-methyl/N-ethyl adjacent to an activating group) is 1. The van der Waals surface area contributed by atoms with Crippen molar-refractivity contribution in [3.05, 3.63) is 84.2 Å². The van der Waals surface area contributed by atoms with Crippen molar-refractivity contribution in [2.24, 2.45) is 0 Å². The molecule has 1 amide bonds. The van der Waals surface area contributed by atoms with Crippen LogP contribution in [0.4, 0.5) is 10.2 Å². The highest BCUT2D eigenvalue weighted by Crippen LogP contribution is 2.34. The zero-order valence-corrected chi connectivity index (χ0v) is 25.6. The van der Waals surface area contributed by atoms with Gasteiger partial charge in [-0.05, 0) is 64.1 Å². The first-order chi connectivity index (χ1) is 21.7. The van der Waals surface area contributed by atoms with Crippen molar-refractivity contribution in [1.82, 2.24) is 24.2 Å². The molecule has 4 aromatic rings. The number of anilines is 1. The number of aromatic nitrogens is 3. The maximum absolute atomic E-state index is 15.6. The molecule has 2 aliphatic heterocycles. The van der Waals surface area contributed by atoms with Crippen LogP contribution in [0.5, 0.6) is 11.5 Å².